The number of hydrogen-bond donors (Lipinski definition) is 1. The highest BCUT2D eigenvalue weighted by molar-refractivity contribution is 8.49. The van der Waals surface area contributed by atoms with Crippen molar-refractivity contribution in [2.75, 3.05) is 0 Å². The summed E-state index contributed by atoms with van der Waals surface area (Å²) in [7, 11) is -0.294. The quantitative estimate of drug-likeness (QED) is 0.460. The first-order valence-corrected chi connectivity index (χ1v) is 6.17. The van der Waals surface area contributed by atoms with Crippen LogP contribution in [0.25, 0.3) is 0 Å². The van der Waals surface area contributed by atoms with Crippen molar-refractivity contribution in [1.29, 1.82) is 0 Å². The molecule has 1 aliphatic heterocycles. The van der Waals surface area contributed by atoms with Gasteiger partial charge in [-0.2, -0.15) is 0 Å². The third-order valence-electron chi connectivity index (χ3n) is 1.82. The molecule has 1 aromatic carbocycles. The lowest BCUT2D eigenvalue weighted by Gasteiger charge is -2.15. The van der Waals surface area contributed by atoms with Gasteiger partial charge in [0.1, 0.15) is 0 Å². The zero-order valence-corrected chi connectivity index (χ0v) is 7.85. The minimum absolute atomic E-state index is 0.294. The molecule has 0 aromatic heterocycles. The third-order valence-corrected chi connectivity index (χ3v) is 4.29. The van der Waals surface area contributed by atoms with Gasteiger partial charge in [0.25, 0.3) is 0 Å². The van der Waals surface area contributed by atoms with Gasteiger partial charge in [-0.15, -0.1) is 12.2 Å². The van der Waals surface area contributed by atoms with Crippen LogP contribution in [-0.2, 0) is 6.42 Å². The van der Waals surface area contributed by atoms with E-state index in [0.717, 1.165) is 6.42 Å². The van der Waals surface area contributed by atoms with Crippen molar-refractivity contribution < 1.29 is 0 Å². The third kappa shape index (κ3) is 1.36. The van der Waals surface area contributed by atoms with E-state index >= 15 is 0 Å². The van der Waals surface area contributed by atoms with Crippen LogP contribution >= 0.6 is 19.4 Å². The summed E-state index contributed by atoms with van der Waals surface area (Å²) in [4.78, 5) is 0. The van der Waals surface area contributed by atoms with Gasteiger partial charge in [-0.1, -0.05) is 30.3 Å². The van der Waals surface area contributed by atoms with E-state index in [1.165, 1.54) is 10.9 Å². The Morgan fingerprint density at radius 2 is 2.09 bits per heavy atom. The average Bonchev–Trinajstić information content (AvgIpc) is 2.06. The van der Waals surface area contributed by atoms with Gasteiger partial charge in [-0.3, -0.25) is 0 Å². The van der Waals surface area contributed by atoms with Crippen LogP contribution in [0.2, 0.25) is 0 Å². The lowest BCUT2D eigenvalue weighted by molar-refractivity contribution is 1.29. The molecule has 0 bridgehead atoms. The van der Waals surface area contributed by atoms with E-state index in [1.54, 1.807) is 0 Å². The molecule has 1 heterocycles. The molecule has 0 radical (unpaired) electrons. The van der Waals surface area contributed by atoms with Crippen LogP contribution in [0.15, 0.2) is 36.2 Å². The van der Waals surface area contributed by atoms with Gasteiger partial charge in [0.2, 0.25) is 0 Å². The summed E-state index contributed by atoms with van der Waals surface area (Å²) in [6, 6.07) is 8.54. The summed E-state index contributed by atoms with van der Waals surface area (Å²) in [5, 5.41) is 1.42. The predicted octanol–water partition coefficient (Wildman–Crippen LogP) is 2.71. The Hall–Kier alpha value is -0.260. The number of benzene rings is 1. The highest BCUT2D eigenvalue weighted by Gasteiger charge is 2.10. The van der Waals surface area contributed by atoms with Gasteiger partial charge in [0.15, 0.2) is 0 Å². The topological polar surface area (TPSA) is 0 Å². The summed E-state index contributed by atoms with van der Waals surface area (Å²) in [6.07, 6.45) is 3.29. The van der Waals surface area contributed by atoms with Gasteiger partial charge in [0, 0.05) is 7.12 Å². The molecule has 0 spiro atoms. The summed E-state index contributed by atoms with van der Waals surface area (Å²) < 4.78 is 0. The molecule has 0 N–H and O–H groups in total. The molecule has 0 saturated carbocycles. The normalized spacial score (nSPS) is 21.4. The number of hydrogen-bond acceptors (Lipinski definition) is 1. The van der Waals surface area contributed by atoms with E-state index in [4.69, 9.17) is 0 Å². The molecule has 0 saturated heterocycles. The summed E-state index contributed by atoms with van der Waals surface area (Å²) >= 11 is 4.52. The van der Waals surface area contributed by atoms with E-state index in [-0.39, 0.29) is 7.12 Å². The predicted molar refractivity (Wildman–Crippen MR) is 54.8 cm³/mol. The molecular formula is C9H9PS. The SMILES string of the molecule is SP1C=CCc2ccccc21. The van der Waals surface area contributed by atoms with Crippen molar-refractivity contribution in [1.82, 2.24) is 0 Å². The Balaban J connectivity index is 2.50. The molecule has 1 aromatic rings. The van der Waals surface area contributed by atoms with E-state index in [9.17, 15) is 0 Å². The Bertz CT molecular complexity index is 293. The van der Waals surface area contributed by atoms with Crippen molar-refractivity contribution in [3.8, 4) is 0 Å². The highest BCUT2D eigenvalue weighted by atomic mass is 32.7. The van der Waals surface area contributed by atoms with Crippen LogP contribution in [0.5, 0.6) is 0 Å². The van der Waals surface area contributed by atoms with Crippen molar-refractivity contribution >= 4 is 24.7 Å². The van der Waals surface area contributed by atoms with Crippen molar-refractivity contribution in [2.24, 2.45) is 0 Å². The molecule has 0 nitrogen and oxygen atoms in total. The second-order valence-electron chi connectivity index (χ2n) is 2.56. The van der Waals surface area contributed by atoms with E-state index in [0.29, 0.717) is 0 Å². The first kappa shape index (κ1) is 7.39. The first-order valence-electron chi connectivity index (χ1n) is 3.60. The van der Waals surface area contributed by atoms with Crippen LogP contribution in [0, 0.1) is 0 Å². The van der Waals surface area contributed by atoms with Gasteiger partial charge >= 0.3 is 0 Å². The molecule has 0 fully saturated rings. The van der Waals surface area contributed by atoms with E-state index in [1.807, 2.05) is 0 Å². The Morgan fingerprint density at radius 1 is 1.27 bits per heavy atom. The summed E-state index contributed by atoms with van der Waals surface area (Å²) in [6.45, 7) is 0. The fourth-order valence-electron chi connectivity index (χ4n) is 1.27. The zero-order valence-electron chi connectivity index (χ0n) is 6.07. The van der Waals surface area contributed by atoms with Gasteiger partial charge in [-0.25, -0.2) is 0 Å². The maximum absolute atomic E-state index is 4.52. The highest BCUT2D eigenvalue weighted by Crippen LogP contribution is 2.44. The fourth-order valence-corrected chi connectivity index (χ4v) is 3.30. The number of rotatable bonds is 0. The van der Waals surface area contributed by atoms with Gasteiger partial charge < -0.3 is 0 Å². The molecule has 2 rings (SSSR count). The molecule has 1 unspecified atom stereocenters. The van der Waals surface area contributed by atoms with Crippen LogP contribution in [0.4, 0.5) is 0 Å². The van der Waals surface area contributed by atoms with Crippen molar-refractivity contribution in [2.45, 2.75) is 6.42 Å². The van der Waals surface area contributed by atoms with Crippen LogP contribution < -0.4 is 5.30 Å². The fraction of sp³-hybridized carbons (Fsp3) is 0.111. The monoisotopic (exact) mass is 180 g/mol. The van der Waals surface area contributed by atoms with Crippen molar-refractivity contribution in [3.05, 3.63) is 41.7 Å². The summed E-state index contributed by atoms with van der Waals surface area (Å²) in [5.74, 6) is 2.21. The van der Waals surface area contributed by atoms with Crippen LogP contribution in [0.1, 0.15) is 5.56 Å². The molecule has 0 amide bonds. The molecule has 1 aliphatic rings. The van der Waals surface area contributed by atoms with Gasteiger partial charge in [-0.05, 0) is 23.1 Å². The molecular weight excluding hydrogens is 171 g/mol. The van der Waals surface area contributed by atoms with Crippen LogP contribution in [-0.4, -0.2) is 0 Å². The van der Waals surface area contributed by atoms with Crippen molar-refractivity contribution in [3.63, 3.8) is 0 Å². The van der Waals surface area contributed by atoms with E-state index < -0.39 is 0 Å². The second-order valence-corrected chi connectivity index (χ2v) is 5.32. The first-order chi connectivity index (χ1) is 5.38. The largest absolute Gasteiger partial charge is 0.142 e. The lowest BCUT2D eigenvalue weighted by atomic mass is 10.1. The number of allylic oxidation sites excluding steroid dienone is 1. The molecule has 0 aliphatic carbocycles. The zero-order chi connectivity index (χ0) is 7.68. The van der Waals surface area contributed by atoms with E-state index in [2.05, 4.69) is 48.4 Å². The number of thiol groups is 1. The molecule has 2 heteroatoms. The Labute approximate surface area is 73.2 Å². The Kier molecular flexibility index (Phi) is 2.02. The standard InChI is InChI=1S/C9H9PS/c11-10-7-3-5-8-4-1-2-6-9(8)10/h1-4,6-7,11H,5H2. The summed E-state index contributed by atoms with van der Waals surface area (Å²) in [5.41, 5.74) is 1.44. The molecule has 1 atom stereocenters. The minimum atomic E-state index is -0.294. The smallest absolute Gasteiger partial charge is 0.00436 e. The molecule has 11 heavy (non-hydrogen) atoms. The maximum Gasteiger partial charge on any atom is 0.00436 e. The average molecular weight is 180 g/mol. The molecule has 56 valence electrons. The van der Waals surface area contributed by atoms with Gasteiger partial charge in [0.05, 0.1) is 0 Å². The second kappa shape index (κ2) is 3.00. The number of fused-ring (bicyclic) bond motifs is 1. The minimum Gasteiger partial charge on any atom is -0.142 e. The maximum atomic E-state index is 4.52. The Morgan fingerprint density at radius 3 is 2.91 bits per heavy atom. The lowest BCUT2D eigenvalue weighted by Crippen LogP contribution is -2.06. The van der Waals surface area contributed by atoms with Crippen LogP contribution in [0.3, 0.4) is 0 Å².